The average molecular weight is 528 g/mol. The number of carbonyl (C=O) groups is 5. The topological polar surface area (TPSA) is 191 Å². The van der Waals surface area contributed by atoms with Gasteiger partial charge >= 0.3 is 11.9 Å². The maximum Gasteiger partial charge on any atom is 0.326 e. The molecular weight excluding hydrogens is 498 g/mol. The van der Waals surface area contributed by atoms with E-state index in [9.17, 15) is 34.2 Å². The molecule has 2 rings (SSSR count). The molecule has 0 aliphatic heterocycles. The highest BCUT2D eigenvalue weighted by atomic mass is 16.5. The van der Waals surface area contributed by atoms with Gasteiger partial charge in [0.25, 0.3) is 0 Å². The zero-order chi connectivity index (χ0) is 28.1. The predicted octanol–water partition coefficient (Wildman–Crippen LogP) is 0.692. The highest BCUT2D eigenvalue weighted by Gasteiger charge is 2.27. The number of carbonyl (C=O) groups excluding carboxylic acids is 3. The number of phenolic OH excluding ortho intramolecular Hbond substituents is 1. The quantitative estimate of drug-likeness (QED) is 0.192. The van der Waals surface area contributed by atoms with Crippen molar-refractivity contribution in [3.8, 4) is 11.5 Å². The van der Waals surface area contributed by atoms with Crippen molar-refractivity contribution in [2.45, 2.75) is 31.3 Å². The lowest BCUT2D eigenvalue weighted by atomic mass is 10.0. The first-order valence-electron chi connectivity index (χ1n) is 11.5. The van der Waals surface area contributed by atoms with Gasteiger partial charge in [0.2, 0.25) is 17.7 Å². The Bertz CT molecular complexity index is 1180. The van der Waals surface area contributed by atoms with Crippen LogP contribution in [0.4, 0.5) is 0 Å². The van der Waals surface area contributed by atoms with Crippen LogP contribution in [0.2, 0.25) is 0 Å². The normalized spacial score (nSPS) is 12.2. The number of hydrogen-bond acceptors (Lipinski definition) is 7. The first-order chi connectivity index (χ1) is 18.1. The van der Waals surface area contributed by atoms with Crippen molar-refractivity contribution in [3.63, 3.8) is 0 Å². The van der Waals surface area contributed by atoms with Gasteiger partial charge in [0.05, 0.1) is 13.7 Å². The maximum atomic E-state index is 12.9. The van der Waals surface area contributed by atoms with E-state index in [0.29, 0.717) is 11.1 Å². The number of rotatable bonds is 14. The molecule has 2 unspecified atom stereocenters. The third-order valence-corrected chi connectivity index (χ3v) is 5.25. The molecule has 0 spiro atoms. The van der Waals surface area contributed by atoms with Crippen molar-refractivity contribution in [2.75, 3.05) is 13.7 Å². The Hall–Kier alpha value is -4.87. The lowest BCUT2D eigenvalue weighted by molar-refractivity contribution is -0.143. The summed E-state index contributed by atoms with van der Waals surface area (Å²) in [4.78, 5) is 59.8. The van der Waals surface area contributed by atoms with E-state index < -0.39 is 54.7 Å². The van der Waals surface area contributed by atoms with E-state index in [0.717, 1.165) is 0 Å². The van der Waals surface area contributed by atoms with Crippen LogP contribution >= 0.6 is 0 Å². The number of benzene rings is 2. The highest BCUT2D eigenvalue weighted by molar-refractivity contribution is 5.95. The van der Waals surface area contributed by atoms with E-state index in [2.05, 4.69) is 16.0 Å². The van der Waals surface area contributed by atoms with Gasteiger partial charge in [0.1, 0.15) is 12.1 Å². The molecule has 2 aromatic carbocycles. The molecule has 12 heteroatoms. The zero-order valence-electron chi connectivity index (χ0n) is 20.5. The molecule has 0 aliphatic rings. The molecule has 12 nitrogen and oxygen atoms in total. The van der Waals surface area contributed by atoms with E-state index in [1.807, 2.05) is 0 Å². The van der Waals surface area contributed by atoms with Crippen LogP contribution in [0.3, 0.4) is 0 Å². The Balaban J connectivity index is 2.01. The first kappa shape index (κ1) is 29.4. The fraction of sp³-hybridized carbons (Fsp3) is 0.269. The number of carboxylic acids is 2. The molecule has 0 saturated carbocycles. The lowest BCUT2D eigenvalue weighted by Crippen LogP contribution is -2.54. The van der Waals surface area contributed by atoms with Crippen LogP contribution in [0, 0.1) is 0 Å². The number of aliphatic carboxylic acids is 2. The summed E-state index contributed by atoms with van der Waals surface area (Å²) in [6.07, 6.45) is 1.85. The molecular formula is C26H29N3O9. The van der Waals surface area contributed by atoms with Gasteiger partial charge in [0.15, 0.2) is 11.5 Å². The third kappa shape index (κ3) is 10.0. The molecule has 3 amide bonds. The molecule has 0 radical (unpaired) electrons. The molecule has 2 atom stereocenters. The summed E-state index contributed by atoms with van der Waals surface area (Å²) in [5.41, 5.74) is 1.25. The third-order valence-electron chi connectivity index (χ3n) is 5.25. The summed E-state index contributed by atoms with van der Waals surface area (Å²) in [6, 6.07) is 10.5. The van der Waals surface area contributed by atoms with Crippen LogP contribution in [0.15, 0.2) is 54.6 Å². The van der Waals surface area contributed by atoms with Gasteiger partial charge in [-0.3, -0.25) is 19.2 Å². The van der Waals surface area contributed by atoms with Crippen molar-refractivity contribution in [3.05, 3.63) is 65.7 Å². The minimum Gasteiger partial charge on any atom is -0.504 e. The van der Waals surface area contributed by atoms with Crippen molar-refractivity contribution >= 4 is 35.7 Å². The predicted molar refractivity (Wildman–Crippen MR) is 135 cm³/mol. The second-order valence-corrected chi connectivity index (χ2v) is 8.12. The molecule has 0 saturated heterocycles. The van der Waals surface area contributed by atoms with E-state index in [1.165, 1.54) is 31.4 Å². The summed E-state index contributed by atoms with van der Waals surface area (Å²) in [5.74, 6) is -4.57. The van der Waals surface area contributed by atoms with Gasteiger partial charge in [-0.2, -0.15) is 0 Å². The van der Waals surface area contributed by atoms with E-state index >= 15 is 0 Å². The van der Waals surface area contributed by atoms with Crippen LogP contribution in [-0.2, 0) is 30.4 Å². The van der Waals surface area contributed by atoms with Crippen LogP contribution in [0.5, 0.6) is 11.5 Å². The minimum absolute atomic E-state index is 0.0280. The van der Waals surface area contributed by atoms with Gasteiger partial charge < -0.3 is 36.0 Å². The van der Waals surface area contributed by atoms with E-state index in [1.54, 1.807) is 36.4 Å². The van der Waals surface area contributed by atoms with Gasteiger partial charge in [-0.15, -0.1) is 0 Å². The van der Waals surface area contributed by atoms with Crippen LogP contribution in [-0.4, -0.2) is 70.7 Å². The molecule has 38 heavy (non-hydrogen) atoms. The van der Waals surface area contributed by atoms with Crippen LogP contribution in [0.25, 0.3) is 6.08 Å². The largest absolute Gasteiger partial charge is 0.504 e. The fourth-order valence-corrected chi connectivity index (χ4v) is 3.30. The van der Waals surface area contributed by atoms with Gasteiger partial charge in [0, 0.05) is 18.9 Å². The number of ether oxygens (including phenoxy) is 1. The molecule has 0 aromatic heterocycles. The van der Waals surface area contributed by atoms with Gasteiger partial charge in [-0.1, -0.05) is 36.4 Å². The smallest absolute Gasteiger partial charge is 0.326 e. The van der Waals surface area contributed by atoms with Crippen molar-refractivity contribution in [1.29, 1.82) is 0 Å². The fourth-order valence-electron chi connectivity index (χ4n) is 3.30. The number of carboxylic acid groups (broad SMARTS) is 2. The summed E-state index contributed by atoms with van der Waals surface area (Å²) >= 11 is 0. The summed E-state index contributed by atoms with van der Waals surface area (Å²) in [5, 5.41) is 34.9. The average Bonchev–Trinajstić information content (AvgIpc) is 2.89. The summed E-state index contributed by atoms with van der Waals surface area (Å²) in [7, 11) is 1.39. The summed E-state index contributed by atoms with van der Waals surface area (Å²) in [6.45, 7) is -0.470. The Labute approximate surface area is 218 Å². The Morgan fingerprint density at radius 2 is 1.68 bits per heavy atom. The molecule has 2 aromatic rings. The van der Waals surface area contributed by atoms with Crippen molar-refractivity contribution in [2.24, 2.45) is 0 Å². The second-order valence-electron chi connectivity index (χ2n) is 8.12. The number of phenols is 1. The molecule has 202 valence electrons. The molecule has 0 heterocycles. The van der Waals surface area contributed by atoms with Crippen molar-refractivity contribution < 1.29 is 44.0 Å². The molecule has 6 N–H and O–H groups in total. The SMILES string of the molecule is COc1cc(/C=C/C(=O)NCC(=O)NC(Cc2ccccc2)C(=O)NC(CCC(=O)O)C(=O)O)ccc1O. The summed E-state index contributed by atoms with van der Waals surface area (Å²) < 4.78 is 5.00. The second kappa shape index (κ2) is 14.6. The van der Waals surface area contributed by atoms with Crippen LogP contribution in [0.1, 0.15) is 24.0 Å². The Morgan fingerprint density at radius 1 is 0.974 bits per heavy atom. The number of amides is 3. The number of nitrogens with one attached hydrogen (secondary N) is 3. The highest BCUT2D eigenvalue weighted by Crippen LogP contribution is 2.26. The van der Waals surface area contributed by atoms with Crippen LogP contribution < -0.4 is 20.7 Å². The minimum atomic E-state index is -1.46. The first-order valence-corrected chi connectivity index (χ1v) is 11.5. The number of aromatic hydroxyl groups is 1. The number of methoxy groups -OCH3 is 1. The van der Waals surface area contributed by atoms with E-state index in [-0.39, 0.29) is 24.3 Å². The molecule has 0 aliphatic carbocycles. The van der Waals surface area contributed by atoms with E-state index in [4.69, 9.17) is 9.84 Å². The zero-order valence-corrected chi connectivity index (χ0v) is 20.5. The Morgan fingerprint density at radius 3 is 2.32 bits per heavy atom. The van der Waals surface area contributed by atoms with Crippen molar-refractivity contribution in [1.82, 2.24) is 16.0 Å². The Kier molecular flexibility index (Phi) is 11.3. The standard InChI is InChI=1S/C26H29N3O9/c1-38-21-14-17(7-10-20(21)30)8-11-22(31)27-15-23(32)28-19(13-16-5-3-2-4-6-16)25(35)29-18(26(36)37)9-12-24(33)34/h2-8,10-11,14,18-19,30H,9,12-13,15H2,1H3,(H,27,31)(H,28,32)(H,29,35)(H,33,34)(H,36,37)/b11-8+. The van der Waals surface area contributed by atoms with Gasteiger partial charge in [-0.25, -0.2) is 4.79 Å². The molecule has 0 fully saturated rings. The van der Waals surface area contributed by atoms with Gasteiger partial charge in [-0.05, 0) is 35.8 Å². The lowest BCUT2D eigenvalue weighted by Gasteiger charge is -2.21. The maximum absolute atomic E-state index is 12.9. The number of hydrogen-bond donors (Lipinski definition) is 6. The molecule has 0 bridgehead atoms. The monoisotopic (exact) mass is 527 g/mol.